The number of carbonyl (C=O) groups is 2. The van der Waals surface area contributed by atoms with Gasteiger partial charge in [0, 0.05) is 25.4 Å². The average Bonchev–Trinajstić information content (AvgIpc) is 2.96. The summed E-state index contributed by atoms with van der Waals surface area (Å²) in [6, 6.07) is 3.32. The molecule has 31 heavy (non-hydrogen) atoms. The van der Waals surface area contributed by atoms with Gasteiger partial charge in [0.2, 0.25) is 5.75 Å². The van der Waals surface area contributed by atoms with Crippen molar-refractivity contribution in [2.75, 3.05) is 40.0 Å². The Morgan fingerprint density at radius 1 is 1.23 bits per heavy atom. The van der Waals surface area contributed by atoms with E-state index in [1.165, 1.54) is 12.0 Å². The lowest BCUT2D eigenvalue weighted by Gasteiger charge is -2.36. The Morgan fingerprint density at radius 2 is 1.94 bits per heavy atom. The summed E-state index contributed by atoms with van der Waals surface area (Å²) in [5.41, 5.74) is -0.229. The molecular weight excluding hydrogens is 404 g/mol. The van der Waals surface area contributed by atoms with Crippen molar-refractivity contribution in [3.63, 3.8) is 0 Å². The fourth-order valence-corrected chi connectivity index (χ4v) is 3.60. The number of rotatable bonds is 4. The number of ether oxygens (including phenoxy) is 4. The van der Waals surface area contributed by atoms with Crippen molar-refractivity contribution in [1.29, 1.82) is 0 Å². The molecule has 2 atom stereocenters. The highest BCUT2D eigenvalue weighted by molar-refractivity contribution is 5.98. The second kappa shape index (κ2) is 9.64. The number of amides is 2. The molecule has 3 rings (SSSR count). The highest BCUT2D eigenvalue weighted by atomic mass is 16.6. The molecule has 0 saturated carbocycles. The quantitative estimate of drug-likeness (QED) is 0.745. The SMILES string of the molecule is COc1ccc(C(=O)NC[C@H]2CCN(C(=O)OC(C)(C)C)C[C@H]2O)c2c1OCCCO2. The summed E-state index contributed by atoms with van der Waals surface area (Å²) in [6.45, 7) is 7.25. The first-order valence-electron chi connectivity index (χ1n) is 10.6. The maximum atomic E-state index is 12.9. The number of nitrogens with one attached hydrogen (secondary N) is 1. The molecule has 0 spiro atoms. The number of hydrogen-bond acceptors (Lipinski definition) is 7. The van der Waals surface area contributed by atoms with Crippen molar-refractivity contribution in [3.8, 4) is 17.2 Å². The van der Waals surface area contributed by atoms with E-state index < -0.39 is 17.8 Å². The highest BCUT2D eigenvalue weighted by Crippen LogP contribution is 2.41. The van der Waals surface area contributed by atoms with Crippen LogP contribution in [0.3, 0.4) is 0 Å². The standard InChI is InChI=1S/C22H32N2O7/c1-22(2,3)31-21(27)24-9-8-14(16(25)13-24)12-23-20(26)15-6-7-17(28-4)19-18(15)29-10-5-11-30-19/h6-7,14,16,25H,5,8-13H2,1-4H3,(H,23,26)/t14-,16-/m1/s1. The van der Waals surface area contributed by atoms with E-state index in [1.54, 1.807) is 32.9 Å². The van der Waals surface area contributed by atoms with E-state index in [2.05, 4.69) is 5.32 Å². The van der Waals surface area contributed by atoms with E-state index in [0.717, 1.165) is 0 Å². The van der Waals surface area contributed by atoms with E-state index in [-0.39, 0.29) is 24.9 Å². The third kappa shape index (κ3) is 5.72. The van der Waals surface area contributed by atoms with Crippen LogP contribution < -0.4 is 19.5 Å². The molecule has 2 aliphatic rings. The molecule has 2 aliphatic heterocycles. The molecule has 1 saturated heterocycles. The Kier molecular flexibility index (Phi) is 7.15. The molecule has 1 aromatic carbocycles. The molecular formula is C22H32N2O7. The molecule has 2 N–H and O–H groups in total. The predicted molar refractivity (Wildman–Crippen MR) is 113 cm³/mol. The average molecular weight is 437 g/mol. The lowest BCUT2D eigenvalue weighted by atomic mass is 9.94. The van der Waals surface area contributed by atoms with Crippen LogP contribution in [0.15, 0.2) is 12.1 Å². The summed E-state index contributed by atoms with van der Waals surface area (Å²) >= 11 is 0. The van der Waals surface area contributed by atoms with Crippen molar-refractivity contribution >= 4 is 12.0 Å². The van der Waals surface area contributed by atoms with Crippen molar-refractivity contribution in [2.45, 2.75) is 45.3 Å². The molecule has 0 bridgehead atoms. The topological polar surface area (TPSA) is 107 Å². The van der Waals surface area contributed by atoms with Gasteiger partial charge in [-0.25, -0.2) is 4.79 Å². The van der Waals surface area contributed by atoms with E-state index in [4.69, 9.17) is 18.9 Å². The van der Waals surface area contributed by atoms with Gasteiger partial charge in [-0.3, -0.25) is 4.79 Å². The zero-order valence-corrected chi connectivity index (χ0v) is 18.6. The molecule has 9 nitrogen and oxygen atoms in total. The van der Waals surface area contributed by atoms with Crippen LogP contribution in [0.2, 0.25) is 0 Å². The van der Waals surface area contributed by atoms with Gasteiger partial charge in [0.25, 0.3) is 5.91 Å². The third-order valence-electron chi connectivity index (χ3n) is 5.22. The fourth-order valence-electron chi connectivity index (χ4n) is 3.60. The number of methoxy groups -OCH3 is 1. The third-order valence-corrected chi connectivity index (χ3v) is 5.22. The number of β-amino-alcohol motifs (C(OH)–C–C–N with tert-alkyl or cyclic N) is 1. The summed E-state index contributed by atoms with van der Waals surface area (Å²) < 4.78 is 22.2. The maximum Gasteiger partial charge on any atom is 0.410 e. The number of aliphatic hydroxyl groups excluding tert-OH is 1. The molecule has 9 heteroatoms. The van der Waals surface area contributed by atoms with E-state index in [1.807, 2.05) is 0 Å². The molecule has 2 heterocycles. The van der Waals surface area contributed by atoms with Crippen LogP contribution in [0.1, 0.15) is 44.0 Å². The Bertz CT molecular complexity index is 806. The molecule has 0 aromatic heterocycles. The first kappa shape index (κ1) is 23.0. The monoisotopic (exact) mass is 436 g/mol. The Balaban J connectivity index is 1.60. The molecule has 0 aliphatic carbocycles. The van der Waals surface area contributed by atoms with Gasteiger partial charge >= 0.3 is 6.09 Å². The van der Waals surface area contributed by atoms with Crippen LogP contribution in [-0.2, 0) is 4.74 Å². The van der Waals surface area contributed by atoms with Gasteiger partial charge in [0.05, 0.1) is 38.5 Å². The van der Waals surface area contributed by atoms with Crippen molar-refractivity contribution in [1.82, 2.24) is 10.2 Å². The van der Waals surface area contributed by atoms with Gasteiger partial charge in [-0.1, -0.05) is 0 Å². The van der Waals surface area contributed by atoms with Gasteiger partial charge in [-0.15, -0.1) is 0 Å². The molecule has 1 aromatic rings. The number of aliphatic hydroxyl groups is 1. The van der Waals surface area contributed by atoms with Gasteiger partial charge in [0.1, 0.15) is 5.60 Å². The number of fused-ring (bicyclic) bond motifs is 1. The molecule has 0 radical (unpaired) electrons. The first-order valence-corrected chi connectivity index (χ1v) is 10.6. The van der Waals surface area contributed by atoms with Crippen LogP contribution in [-0.4, -0.2) is 73.7 Å². The fraction of sp³-hybridized carbons (Fsp3) is 0.636. The van der Waals surface area contributed by atoms with Gasteiger partial charge in [0.15, 0.2) is 11.5 Å². The van der Waals surface area contributed by atoms with Crippen molar-refractivity contribution in [2.24, 2.45) is 5.92 Å². The summed E-state index contributed by atoms with van der Waals surface area (Å²) in [7, 11) is 1.54. The molecule has 0 unspecified atom stereocenters. The van der Waals surface area contributed by atoms with Crippen LogP contribution in [0.4, 0.5) is 4.79 Å². The minimum Gasteiger partial charge on any atom is -0.493 e. The molecule has 2 amide bonds. The predicted octanol–water partition coefficient (Wildman–Crippen LogP) is 2.20. The number of carbonyl (C=O) groups excluding carboxylic acids is 2. The Morgan fingerprint density at radius 3 is 2.58 bits per heavy atom. The second-order valence-electron chi connectivity index (χ2n) is 8.78. The van der Waals surface area contributed by atoms with Crippen molar-refractivity contribution < 1.29 is 33.6 Å². The largest absolute Gasteiger partial charge is 0.493 e. The first-order chi connectivity index (χ1) is 14.7. The lowest BCUT2D eigenvalue weighted by molar-refractivity contribution is -0.0122. The smallest absolute Gasteiger partial charge is 0.410 e. The number of nitrogens with zero attached hydrogens (tertiary/aromatic N) is 1. The van der Waals surface area contributed by atoms with Gasteiger partial charge in [-0.05, 0) is 39.3 Å². The second-order valence-corrected chi connectivity index (χ2v) is 8.78. The Hall–Kier alpha value is -2.68. The number of hydrogen-bond donors (Lipinski definition) is 2. The molecule has 172 valence electrons. The van der Waals surface area contributed by atoms with Crippen LogP contribution in [0.25, 0.3) is 0 Å². The maximum absolute atomic E-state index is 12.9. The van der Waals surface area contributed by atoms with Gasteiger partial charge in [-0.2, -0.15) is 0 Å². The minimum absolute atomic E-state index is 0.170. The van der Waals surface area contributed by atoms with Crippen LogP contribution in [0.5, 0.6) is 17.2 Å². The van der Waals surface area contributed by atoms with E-state index in [9.17, 15) is 14.7 Å². The van der Waals surface area contributed by atoms with E-state index >= 15 is 0 Å². The lowest BCUT2D eigenvalue weighted by Crippen LogP contribution is -2.50. The zero-order valence-electron chi connectivity index (χ0n) is 18.6. The number of likely N-dealkylation sites (tertiary alicyclic amines) is 1. The number of benzene rings is 1. The summed E-state index contributed by atoms with van der Waals surface area (Å²) in [5.74, 6) is 0.828. The summed E-state index contributed by atoms with van der Waals surface area (Å²) in [4.78, 5) is 26.6. The van der Waals surface area contributed by atoms with Crippen LogP contribution >= 0.6 is 0 Å². The number of piperidine rings is 1. The highest BCUT2D eigenvalue weighted by Gasteiger charge is 2.33. The molecule has 1 fully saturated rings. The van der Waals surface area contributed by atoms with Crippen LogP contribution in [0, 0.1) is 5.92 Å². The van der Waals surface area contributed by atoms with Gasteiger partial charge < -0.3 is 34.3 Å². The normalized spacial score (nSPS) is 21.1. The van der Waals surface area contributed by atoms with E-state index in [0.29, 0.717) is 55.4 Å². The Labute approximate surface area is 182 Å². The summed E-state index contributed by atoms with van der Waals surface area (Å²) in [5, 5.41) is 13.4. The summed E-state index contributed by atoms with van der Waals surface area (Å²) in [6.07, 6.45) is 0.0729. The zero-order chi connectivity index (χ0) is 22.6. The van der Waals surface area contributed by atoms with Crippen molar-refractivity contribution in [3.05, 3.63) is 17.7 Å². The minimum atomic E-state index is -0.755.